The number of carbonyl (C=O) groups excluding carboxylic acids is 2. The number of H-pyrrole nitrogens is 1. The van der Waals surface area contributed by atoms with Gasteiger partial charge in [0, 0.05) is 6.92 Å². The summed E-state index contributed by atoms with van der Waals surface area (Å²) >= 11 is 0. The second kappa shape index (κ2) is 8.49. The Hall–Kier alpha value is -1.78. The van der Waals surface area contributed by atoms with Crippen LogP contribution in [0.5, 0.6) is 0 Å². The topological polar surface area (TPSA) is 68.4 Å². The van der Waals surface area contributed by atoms with Gasteiger partial charge in [-0.3, -0.25) is 4.79 Å². The number of aromatic nitrogens is 1. The normalized spacial score (nSPS) is 10.5. The van der Waals surface area contributed by atoms with E-state index in [4.69, 9.17) is 9.47 Å². The zero-order valence-corrected chi connectivity index (χ0v) is 13.4. The summed E-state index contributed by atoms with van der Waals surface area (Å²) in [6, 6.07) is 0. The zero-order chi connectivity index (χ0) is 15.8. The SMILES string of the molecule is CCCc1c(COC(C)=O)[nH]c(C(=O)OCC)c1CCC. The maximum atomic E-state index is 12.1. The maximum absolute atomic E-state index is 12.1. The Kier molecular flexibility index (Phi) is 6.99. The first-order chi connectivity index (χ1) is 10.0. The lowest BCUT2D eigenvalue weighted by atomic mass is 10.00. The fraction of sp³-hybridized carbons (Fsp3) is 0.625. The molecule has 0 bridgehead atoms. The Labute approximate surface area is 126 Å². The quantitative estimate of drug-likeness (QED) is 0.748. The third-order valence-corrected chi connectivity index (χ3v) is 3.21. The largest absolute Gasteiger partial charge is 0.461 e. The van der Waals surface area contributed by atoms with E-state index in [1.165, 1.54) is 6.92 Å². The molecule has 118 valence electrons. The minimum absolute atomic E-state index is 0.167. The van der Waals surface area contributed by atoms with E-state index in [9.17, 15) is 9.59 Å². The summed E-state index contributed by atoms with van der Waals surface area (Å²) in [6.45, 7) is 7.83. The smallest absolute Gasteiger partial charge is 0.355 e. The molecule has 5 nitrogen and oxygen atoms in total. The first kappa shape index (κ1) is 17.3. The van der Waals surface area contributed by atoms with Gasteiger partial charge >= 0.3 is 11.9 Å². The van der Waals surface area contributed by atoms with Crippen LogP contribution in [0.1, 0.15) is 67.8 Å². The summed E-state index contributed by atoms with van der Waals surface area (Å²) in [6.07, 6.45) is 3.56. The molecule has 1 aromatic heterocycles. The van der Waals surface area contributed by atoms with Crippen LogP contribution >= 0.6 is 0 Å². The predicted molar refractivity (Wildman–Crippen MR) is 80.2 cm³/mol. The van der Waals surface area contributed by atoms with Crippen LogP contribution in [-0.2, 0) is 33.7 Å². The average molecular weight is 295 g/mol. The monoisotopic (exact) mass is 295 g/mol. The Balaban J connectivity index is 3.18. The van der Waals surface area contributed by atoms with Crippen LogP contribution in [0.4, 0.5) is 0 Å². The summed E-state index contributed by atoms with van der Waals surface area (Å²) in [4.78, 5) is 26.2. The second-order valence-electron chi connectivity index (χ2n) is 4.94. The molecule has 0 fully saturated rings. The Bertz CT molecular complexity index is 491. The predicted octanol–water partition coefficient (Wildman–Crippen LogP) is 3.16. The van der Waals surface area contributed by atoms with Gasteiger partial charge in [-0.05, 0) is 30.9 Å². The molecule has 21 heavy (non-hydrogen) atoms. The van der Waals surface area contributed by atoms with Crippen LogP contribution < -0.4 is 0 Å². The van der Waals surface area contributed by atoms with Crippen molar-refractivity contribution in [2.75, 3.05) is 6.61 Å². The Morgan fingerprint density at radius 1 is 1.00 bits per heavy atom. The highest BCUT2D eigenvalue weighted by atomic mass is 16.5. The van der Waals surface area contributed by atoms with Gasteiger partial charge in [0.2, 0.25) is 0 Å². The second-order valence-corrected chi connectivity index (χ2v) is 4.94. The van der Waals surface area contributed by atoms with Gasteiger partial charge in [-0.15, -0.1) is 0 Å². The summed E-state index contributed by atoms with van der Waals surface area (Å²) in [5, 5.41) is 0. The van der Waals surface area contributed by atoms with Crippen LogP contribution in [0.25, 0.3) is 0 Å². The molecule has 0 aliphatic rings. The molecule has 0 saturated heterocycles. The molecule has 1 rings (SSSR count). The van der Waals surface area contributed by atoms with Gasteiger partial charge in [-0.2, -0.15) is 0 Å². The maximum Gasteiger partial charge on any atom is 0.355 e. The summed E-state index contributed by atoms with van der Waals surface area (Å²) in [5.74, 6) is -0.672. The highest BCUT2D eigenvalue weighted by molar-refractivity contribution is 5.90. The molecule has 0 unspecified atom stereocenters. The lowest BCUT2D eigenvalue weighted by molar-refractivity contribution is -0.142. The van der Waals surface area contributed by atoms with Crippen molar-refractivity contribution < 1.29 is 19.1 Å². The van der Waals surface area contributed by atoms with E-state index in [1.54, 1.807) is 6.92 Å². The number of hydrogen-bond acceptors (Lipinski definition) is 4. The number of aromatic amines is 1. The third-order valence-electron chi connectivity index (χ3n) is 3.21. The first-order valence-electron chi connectivity index (χ1n) is 7.58. The minimum Gasteiger partial charge on any atom is -0.461 e. The van der Waals surface area contributed by atoms with Gasteiger partial charge in [0.15, 0.2) is 0 Å². The number of esters is 2. The molecule has 0 amide bonds. The molecule has 1 heterocycles. The van der Waals surface area contributed by atoms with Gasteiger partial charge in [0.1, 0.15) is 12.3 Å². The molecular formula is C16H25NO4. The van der Waals surface area contributed by atoms with Crippen molar-refractivity contribution in [1.82, 2.24) is 4.98 Å². The van der Waals surface area contributed by atoms with Gasteiger partial charge < -0.3 is 14.5 Å². The van der Waals surface area contributed by atoms with Crippen molar-refractivity contribution >= 4 is 11.9 Å². The number of ether oxygens (including phenoxy) is 2. The molecule has 5 heteroatoms. The van der Waals surface area contributed by atoms with E-state index in [0.717, 1.165) is 42.5 Å². The van der Waals surface area contributed by atoms with E-state index in [-0.39, 0.29) is 18.5 Å². The first-order valence-corrected chi connectivity index (χ1v) is 7.58. The molecule has 0 saturated carbocycles. The van der Waals surface area contributed by atoms with Crippen molar-refractivity contribution in [3.8, 4) is 0 Å². The lowest BCUT2D eigenvalue weighted by Crippen LogP contribution is -2.08. The van der Waals surface area contributed by atoms with Crippen molar-refractivity contribution in [2.24, 2.45) is 0 Å². The summed E-state index contributed by atoms with van der Waals surface area (Å²) in [5.41, 5.74) is 3.39. The number of nitrogens with one attached hydrogen (secondary N) is 1. The van der Waals surface area contributed by atoms with Crippen molar-refractivity contribution in [3.63, 3.8) is 0 Å². The molecule has 0 aliphatic carbocycles. The van der Waals surface area contributed by atoms with E-state index in [0.29, 0.717) is 12.3 Å². The Morgan fingerprint density at radius 3 is 2.14 bits per heavy atom. The van der Waals surface area contributed by atoms with Gasteiger partial charge in [0.05, 0.1) is 12.3 Å². The molecule has 0 aromatic carbocycles. The number of rotatable bonds is 8. The van der Waals surface area contributed by atoms with Crippen LogP contribution in [-0.4, -0.2) is 23.5 Å². The molecule has 1 aromatic rings. The standard InChI is InChI=1S/C16H25NO4/c1-5-8-12-13(9-6-2)15(16(19)20-7-3)17-14(12)10-21-11(4)18/h17H,5-10H2,1-4H3. The molecule has 0 spiro atoms. The summed E-state index contributed by atoms with van der Waals surface area (Å²) < 4.78 is 10.2. The molecule has 1 N–H and O–H groups in total. The highest BCUT2D eigenvalue weighted by Gasteiger charge is 2.22. The average Bonchev–Trinajstić information content (AvgIpc) is 2.76. The van der Waals surface area contributed by atoms with Crippen LogP contribution in [0.3, 0.4) is 0 Å². The van der Waals surface area contributed by atoms with Crippen molar-refractivity contribution in [2.45, 2.75) is 60.0 Å². The van der Waals surface area contributed by atoms with Crippen LogP contribution in [0.15, 0.2) is 0 Å². The number of carbonyl (C=O) groups is 2. The van der Waals surface area contributed by atoms with Gasteiger partial charge in [0.25, 0.3) is 0 Å². The van der Waals surface area contributed by atoms with Crippen molar-refractivity contribution in [3.05, 3.63) is 22.5 Å². The molecular weight excluding hydrogens is 270 g/mol. The Morgan fingerprint density at radius 2 is 1.62 bits per heavy atom. The van der Waals surface area contributed by atoms with E-state index >= 15 is 0 Å². The van der Waals surface area contributed by atoms with Gasteiger partial charge in [-0.25, -0.2) is 4.79 Å². The van der Waals surface area contributed by atoms with E-state index in [1.807, 2.05) is 0 Å². The van der Waals surface area contributed by atoms with Crippen LogP contribution in [0.2, 0.25) is 0 Å². The zero-order valence-electron chi connectivity index (χ0n) is 13.4. The third kappa shape index (κ3) is 4.62. The minimum atomic E-state index is -0.340. The fourth-order valence-corrected chi connectivity index (χ4v) is 2.39. The van der Waals surface area contributed by atoms with E-state index < -0.39 is 0 Å². The number of hydrogen-bond donors (Lipinski definition) is 1. The molecule has 0 atom stereocenters. The molecule has 0 radical (unpaired) electrons. The summed E-state index contributed by atoms with van der Waals surface area (Å²) in [7, 11) is 0. The molecule has 0 aliphatic heterocycles. The van der Waals surface area contributed by atoms with Crippen LogP contribution in [0, 0.1) is 0 Å². The lowest BCUT2D eigenvalue weighted by Gasteiger charge is -2.07. The highest BCUT2D eigenvalue weighted by Crippen LogP contribution is 2.24. The van der Waals surface area contributed by atoms with Crippen molar-refractivity contribution in [1.29, 1.82) is 0 Å². The van der Waals surface area contributed by atoms with E-state index in [2.05, 4.69) is 18.8 Å². The van der Waals surface area contributed by atoms with Gasteiger partial charge in [-0.1, -0.05) is 26.7 Å². The fourth-order valence-electron chi connectivity index (χ4n) is 2.39.